The largest absolute Gasteiger partial charge is 0.384 e. The highest BCUT2D eigenvalue weighted by atomic mass is 16.2. The van der Waals surface area contributed by atoms with Gasteiger partial charge < -0.3 is 10.4 Å². The lowest BCUT2D eigenvalue weighted by Gasteiger charge is -2.01. The average molecular weight is 189 g/mol. The summed E-state index contributed by atoms with van der Waals surface area (Å²) in [4.78, 5) is 10.8. The topological polar surface area (TPSA) is 49.3 Å². The lowest BCUT2D eigenvalue weighted by atomic mass is 10.2. The molecule has 3 heteroatoms. The Morgan fingerprint density at radius 1 is 1.57 bits per heavy atom. The molecule has 0 heterocycles. The number of rotatable bonds is 1. The third kappa shape index (κ3) is 3.30. The highest BCUT2D eigenvalue weighted by Crippen LogP contribution is 2.09. The van der Waals surface area contributed by atoms with Crippen molar-refractivity contribution in [1.82, 2.24) is 0 Å². The summed E-state index contributed by atoms with van der Waals surface area (Å²) in [6.07, 6.45) is 0. The number of carbonyl (C=O) groups is 1. The molecular weight excluding hydrogens is 178 g/mol. The van der Waals surface area contributed by atoms with Crippen LogP contribution in [-0.4, -0.2) is 17.6 Å². The zero-order valence-corrected chi connectivity index (χ0v) is 7.87. The van der Waals surface area contributed by atoms with Gasteiger partial charge in [-0.15, -0.1) is 0 Å². The summed E-state index contributed by atoms with van der Waals surface area (Å²) in [6.45, 7) is 1.29. The number of amides is 1. The molecule has 0 saturated heterocycles. The van der Waals surface area contributed by atoms with Crippen LogP contribution in [0.3, 0.4) is 0 Å². The maximum atomic E-state index is 10.8. The molecule has 14 heavy (non-hydrogen) atoms. The molecule has 0 radical (unpaired) electrons. The van der Waals surface area contributed by atoms with Crippen molar-refractivity contribution < 1.29 is 9.90 Å². The molecule has 0 aliphatic carbocycles. The Hall–Kier alpha value is -1.79. The molecule has 0 aliphatic heterocycles. The molecule has 1 aromatic carbocycles. The van der Waals surface area contributed by atoms with Gasteiger partial charge in [-0.25, -0.2) is 0 Å². The van der Waals surface area contributed by atoms with Gasteiger partial charge in [-0.1, -0.05) is 17.9 Å². The fraction of sp³-hybridized carbons (Fsp3) is 0.182. The van der Waals surface area contributed by atoms with Crippen molar-refractivity contribution >= 4 is 11.6 Å². The Bertz CT molecular complexity index is 388. The molecule has 0 bridgehead atoms. The molecule has 1 rings (SSSR count). The minimum Gasteiger partial charge on any atom is -0.384 e. The molecule has 1 amide bonds. The second-order valence-electron chi connectivity index (χ2n) is 2.72. The Kier molecular flexibility index (Phi) is 3.71. The van der Waals surface area contributed by atoms with E-state index in [4.69, 9.17) is 5.11 Å². The van der Waals surface area contributed by atoms with Crippen LogP contribution < -0.4 is 5.32 Å². The van der Waals surface area contributed by atoms with E-state index >= 15 is 0 Å². The van der Waals surface area contributed by atoms with Crippen molar-refractivity contribution in [2.45, 2.75) is 6.92 Å². The summed E-state index contributed by atoms with van der Waals surface area (Å²) in [7, 11) is 0. The molecule has 2 N–H and O–H groups in total. The van der Waals surface area contributed by atoms with Crippen molar-refractivity contribution in [1.29, 1.82) is 0 Å². The van der Waals surface area contributed by atoms with Gasteiger partial charge in [0.25, 0.3) is 0 Å². The predicted molar refractivity (Wildman–Crippen MR) is 54.7 cm³/mol. The van der Waals surface area contributed by atoms with Gasteiger partial charge in [0.15, 0.2) is 0 Å². The molecule has 0 fully saturated rings. The van der Waals surface area contributed by atoms with Crippen molar-refractivity contribution in [2.75, 3.05) is 11.9 Å². The maximum absolute atomic E-state index is 10.8. The highest BCUT2D eigenvalue weighted by molar-refractivity contribution is 5.88. The van der Waals surface area contributed by atoms with E-state index in [0.29, 0.717) is 5.69 Å². The second kappa shape index (κ2) is 5.05. The van der Waals surface area contributed by atoms with Gasteiger partial charge in [0.05, 0.1) is 0 Å². The number of aliphatic hydroxyl groups is 1. The van der Waals surface area contributed by atoms with Gasteiger partial charge in [-0.05, 0) is 18.2 Å². The van der Waals surface area contributed by atoms with Crippen molar-refractivity contribution in [2.24, 2.45) is 0 Å². The molecule has 3 nitrogen and oxygen atoms in total. The predicted octanol–water partition coefficient (Wildman–Crippen LogP) is 0.989. The number of hydrogen-bond donors (Lipinski definition) is 2. The summed E-state index contributed by atoms with van der Waals surface area (Å²) in [5.74, 6) is 5.18. The molecule has 0 unspecified atom stereocenters. The van der Waals surface area contributed by atoms with Gasteiger partial charge in [0.1, 0.15) is 6.61 Å². The summed E-state index contributed by atoms with van der Waals surface area (Å²) in [6, 6.07) is 7.15. The minimum atomic E-state index is -0.162. The second-order valence-corrected chi connectivity index (χ2v) is 2.72. The van der Waals surface area contributed by atoms with E-state index in [-0.39, 0.29) is 12.5 Å². The Labute approximate surface area is 82.8 Å². The van der Waals surface area contributed by atoms with Gasteiger partial charge in [0, 0.05) is 18.2 Å². The number of anilines is 1. The molecule has 0 spiro atoms. The van der Waals surface area contributed by atoms with E-state index in [1.54, 1.807) is 18.2 Å². The average Bonchev–Trinajstić information content (AvgIpc) is 2.14. The van der Waals surface area contributed by atoms with Gasteiger partial charge in [-0.2, -0.15) is 0 Å². The summed E-state index contributed by atoms with van der Waals surface area (Å²) in [5.41, 5.74) is 1.48. The van der Waals surface area contributed by atoms with E-state index in [1.807, 2.05) is 6.07 Å². The number of carbonyl (C=O) groups excluding carboxylic acids is 1. The summed E-state index contributed by atoms with van der Waals surface area (Å²) >= 11 is 0. The minimum absolute atomic E-state index is 0.114. The van der Waals surface area contributed by atoms with Gasteiger partial charge in [-0.3, -0.25) is 4.79 Å². The molecular formula is C11H11NO2. The number of aliphatic hydroxyl groups excluding tert-OH is 1. The van der Waals surface area contributed by atoms with Crippen LogP contribution in [0.5, 0.6) is 0 Å². The lowest BCUT2D eigenvalue weighted by Crippen LogP contribution is -2.05. The van der Waals surface area contributed by atoms with E-state index in [9.17, 15) is 4.79 Å². The standard InChI is InChI=1S/C11H11NO2/c1-9(14)12-11-6-2-4-10(8-11)5-3-7-13/h2,4,6,8,13H,7H2,1H3,(H,12,14). The first-order valence-electron chi connectivity index (χ1n) is 4.20. The first-order valence-corrected chi connectivity index (χ1v) is 4.20. The van der Waals surface area contributed by atoms with Crippen molar-refractivity contribution in [3.8, 4) is 11.8 Å². The summed E-state index contributed by atoms with van der Waals surface area (Å²) < 4.78 is 0. The number of hydrogen-bond acceptors (Lipinski definition) is 2. The summed E-state index contributed by atoms with van der Waals surface area (Å²) in [5, 5.41) is 11.2. The van der Waals surface area contributed by atoms with Gasteiger partial charge in [0.2, 0.25) is 5.91 Å². The molecule has 0 aromatic heterocycles. The van der Waals surface area contributed by atoms with Crippen LogP contribution in [0.2, 0.25) is 0 Å². The molecule has 0 aliphatic rings. The molecule has 0 atom stereocenters. The number of benzene rings is 1. The zero-order chi connectivity index (χ0) is 10.4. The number of nitrogens with one attached hydrogen (secondary N) is 1. The van der Waals surface area contributed by atoms with Crippen LogP contribution in [0.25, 0.3) is 0 Å². The van der Waals surface area contributed by atoms with E-state index < -0.39 is 0 Å². The third-order valence-corrected chi connectivity index (χ3v) is 1.49. The Morgan fingerprint density at radius 3 is 3.00 bits per heavy atom. The SMILES string of the molecule is CC(=O)Nc1cccc(C#CCO)c1. The lowest BCUT2D eigenvalue weighted by molar-refractivity contribution is -0.114. The Balaban J connectivity index is 2.84. The van der Waals surface area contributed by atoms with Crippen molar-refractivity contribution in [3.63, 3.8) is 0 Å². The van der Waals surface area contributed by atoms with Crippen LogP contribution in [0, 0.1) is 11.8 Å². The van der Waals surface area contributed by atoms with Crippen LogP contribution in [0.15, 0.2) is 24.3 Å². The van der Waals surface area contributed by atoms with E-state index in [2.05, 4.69) is 17.2 Å². The molecule has 0 saturated carbocycles. The van der Waals surface area contributed by atoms with E-state index in [1.165, 1.54) is 6.92 Å². The fourth-order valence-electron chi connectivity index (χ4n) is 1.02. The normalized spacial score (nSPS) is 8.71. The smallest absolute Gasteiger partial charge is 0.221 e. The zero-order valence-electron chi connectivity index (χ0n) is 7.87. The fourth-order valence-corrected chi connectivity index (χ4v) is 1.02. The quantitative estimate of drug-likeness (QED) is 0.647. The van der Waals surface area contributed by atoms with Crippen molar-refractivity contribution in [3.05, 3.63) is 29.8 Å². The molecule has 1 aromatic rings. The third-order valence-electron chi connectivity index (χ3n) is 1.49. The van der Waals surface area contributed by atoms with Crippen LogP contribution in [0.4, 0.5) is 5.69 Å². The molecule has 72 valence electrons. The van der Waals surface area contributed by atoms with Crippen LogP contribution in [0.1, 0.15) is 12.5 Å². The monoisotopic (exact) mass is 189 g/mol. The maximum Gasteiger partial charge on any atom is 0.221 e. The van der Waals surface area contributed by atoms with E-state index in [0.717, 1.165) is 5.56 Å². The Morgan fingerprint density at radius 2 is 2.36 bits per heavy atom. The highest BCUT2D eigenvalue weighted by Gasteiger charge is 1.94. The first-order chi connectivity index (χ1) is 6.72. The van der Waals surface area contributed by atoms with Crippen LogP contribution >= 0.6 is 0 Å². The first kappa shape index (κ1) is 10.3. The van der Waals surface area contributed by atoms with Gasteiger partial charge >= 0.3 is 0 Å². The van der Waals surface area contributed by atoms with Crippen LogP contribution in [-0.2, 0) is 4.79 Å².